The van der Waals surface area contributed by atoms with Gasteiger partial charge in [0.25, 0.3) is 0 Å². The number of rotatable bonds is 7. The van der Waals surface area contributed by atoms with E-state index < -0.39 is 0 Å². The summed E-state index contributed by atoms with van der Waals surface area (Å²) in [5.41, 5.74) is 3.03. The lowest BCUT2D eigenvalue weighted by atomic mass is 10.1. The van der Waals surface area contributed by atoms with Crippen LogP contribution in [0.3, 0.4) is 0 Å². The fraction of sp³-hybridized carbons (Fsp3) is 0.316. The molecular weight excluding hydrogens is 304 g/mol. The van der Waals surface area contributed by atoms with Crippen molar-refractivity contribution in [3.63, 3.8) is 0 Å². The number of hydrogen-bond donors (Lipinski definition) is 2. The maximum Gasteiger partial charge on any atom is 0.319 e. The van der Waals surface area contributed by atoms with Crippen molar-refractivity contribution in [1.29, 1.82) is 0 Å². The number of anilines is 1. The molecule has 2 aromatic rings. The largest absolute Gasteiger partial charge is 0.494 e. The second kappa shape index (κ2) is 8.82. The van der Waals surface area contributed by atoms with Gasteiger partial charge >= 0.3 is 6.03 Å². The molecule has 5 heteroatoms. The summed E-state index contributed by atoms with van der Waals surface area (Å²) < 4.78 is 11.0. The van der Waals surface area contributed by atoms with Gasteiger partial charge in [-0.2, -0.15) is 0 Å². The summed E-state index contributed by atoms with van der Waals surface area (Å²) in [6, 6.07) is 13.0. The first-order chi connectivity index (χ1) is 11.6. The first-order valence-electron chi connectivity index (χ1n) is 8.07. The lowest BCUT2D eigenvalue weighted by Gasteiger charge is -2.12. The van der Waals surface area contributed by atoms with Gasteiger partial charge in [0.05, 0.1) is 13.2 Å². The Labute approximate surface area is 143 Å². The molecule has 0 aliphatic rings. The van der Waals surface area contributed by atoms with Gasteiger partial charge in [-0.25, -0.2) is 4.79 Å². The molecule has 0 aromatic heterocycles. The highest BCUT2D eigenvalue weighted by molar-refractivity contribution is 5.90. The van der Waals surface area contributed by atoms with Crippen LogP contribution in [0.15, 0.2) is 42.5 Å². The first-order valence-corrected chi connectivity index (χ1v) is 8.07. The molecule has 0 bridgehead atoms. The van der Waals surface area contributed by atoms with E-state index in [1.807, 2.05) is 63.2 Å². The van der Waals surface area contributed by atoms with Crippen LogP contribution in [0.5, 0.6) is 11.5 Å². The Bertz CT molecular complexity index is 686. The quantitative estimate of drug-likeness (QED) is 0.758. The summed E-state index contributed by atoms with van der Waals surface area (Å²) in [6.07, 6.45) is 0. The predicted molar refractivity (Wildman–Crippen MR) is 96.0 cm³/mol. The van der Waals surface area contributed by atoms with Crippen LogP contribution in [0.1, 0.15) is 18.1 Å². The Balaban J connectivity index is 1.75. The molecule has 0 heterocycles. The van der Waals surface area contributed by atoms with Crippen LogP contribution in [-0.4, -0.2) is 25.8 Å². The maximum absolute atomic E-state index is 11.9. The standard InChI is InChI=1S/C19H24N2O3/c1-4-23-16-8-6-9-17(13-16)24-12-11-20-19(22)21-18-10-5-7-14(2)15(18)3/h5-10,13H,4,11-12H2,1-3H3,(H2,20,21,22). The number of amides is 2. The van der Waals surface area contributed by atoms with Gasteiger partial charge in [-0.3, -0.25) is 0 Å². The molecule has 2 aromatic carbocycles. The Hall–Kier alpha value is -2.69. The number of aryl methyl sites for hydroxylation is 1. The Kier molecular flexibility index (Phi) is 6.49. The molecule has 2 rings (SSSR count). The van der Waals surface area contributed by atoms with Crippen LogP contribution in [0.4, 0.5) is 10.5 Å². The third kappa shape index (κ3) is 5.19. The van der Waals surface area contributed by atoms with Crippen molar-refractivity contribution in [2.75, 3.05) is 25.1 Å². The third-order valence-corrected chi connectivity index (χ3v) is 3.63. The van der Waals surface area contributed by atoms with Gasteiger partial charge in [-0.05, 0) is 50.1 Å². The smallest absolute Gasteiger partial charge is 0.319 e. The molecule has 0 saturated heterocycles. The molecule has 0 atom stereocenters. The summed E-state index contributed by atoms with van der Waals surface area (Å²) >= 11 is 0. The number of ether oxygens (including phenoxy) is 2. The molecule has 2 N–H and O–H groups in total. The summed E-state index contributed by atoms with van der Waals surface area (Å²) in [7, 11) is 0. The highest BCUT2D eigenvalue weighted by atomic mass is 16.5. The maximum atomic E-state index is 11.9. The van der Waals surface area contributed by atoms with Crippen LogP contribution in [-0.2, 0) is 0 Å². The minimum Gasteiger partial charge on any atom is -0.494 e. The topological polar surface area (TPSA) is 59.6 Å². The van der Waals surface area contributed by atoms with E-state index in [0.717, 1.165) is 28.3 Å². The van der Waals surface area contributed by atoms with E-state index in [2.05, 4.69) is 10.6 Å². The molecule has 0 spiro atoms. The first kappa shape index (κ1) is 17.7. The number of carbonyl (C=O) groups excluding carboxylic acids is 1. The van der Waals surface area contributed by atoms with Crippen LogP contribution in [0.25, 0.3) is 0 Å². The Morgan fingerprint density at radius 1 is 1.04 bits per heavy atom. The monoisotopic (exact) mass is 328 g/mol. The summed E-state index contributed by atoms with van der Waals surface area (Å²) in [4.78, 5) is 11.9. The predicted octanol–water partition coefficient (Wildman–Crippen LogP) is 3.90. The van der Waals surface area contributed by atoms with Crippen LogP contribution in [0.2, 0.25) is 0 Å². The molecule has 128 valence electrons. The van der Waals surface area contributed by atoms with E-state index in [4.69, 9.17) is 9.47 Å². The SMILES string of the molecule is CCOc1cccc(OCCNC(=O)Nc2cccc(C)c2C)c1. The van der Waals surface area contributed by atoms with Crippen molar-refractivity contribution in [1.82, 2.24) is 5.32 Å². The van der Waals surface area contributed by atoms with Gasteiger partial charge in [0.15, 0.2) is 0 Å². The van der Waals surface area contributed by atoms with Crippen LogP contribution < -0.4 is 20.1 Å². The molecule has 0 unspecified atom stereocenters. The zero-order chi connectivity index (χ0) is 17.4. The number of carbonyl (C=O) groups is 1. The fourth-order valence-corrected chi connectivity index (χ4v) is 2.21. The number of urea groups is 1. The second-order valence-corrected chi connectivity index (χ2v) is 5.38. The van der Waals surface area contributed by atoms with Crippen molar-refractivity contribution < 1.29 is 14.3 Å². The average Bonchev–Trinajstić information content (AvgIpc) is 2.57. The summed E-state index contributed by atoms with van der Waals surface area (Å²) in [5.74, 6) is 1.49. The lowest BCUT2D eigenvalue weighted by molar-refractivity contribution is 0.247. The minimum atomic E-state index is -0.240. The Morgan fingerprint density at radius 2 is 1.75 bits per heavy atom. The molecular formula is C19H24N2O3. The summed E-state index contributed by atoms with van der Waals surface area (Å²) in [5, 5.41) is 5.63. The third-order valence-electron chi connectivity index (χ3n) is 3.63. The van der Waals surface area contributed by atoms with Gasteiger partial charge in [-0.15, -0.1) is 0 Å². The lowest BCUT2D eigenvalue weighted by Crippen LogP contribution is -2.32. The van der Waals surface area contributed by atoms with Crippen LogP contribution >= 0.6 is 0 Å². The Morgan fingerprint density at radius 3 is 2.50 bits per heavy atom. The van der Waals surface area contributed by atoms with Crippen molar-refractivity contribution >= 4 is 11.7 Å². The normalized spacial score (nSPS) is 10.1. The molecule has 0 fully saturated rings. The zero-order valence-corrected chi connectivity index (χ0v) is 14.4. The van der Waals surface area contributed by atoms with Gasteiger partial charge < -0.3 is 20.1 Å². The van der Waals surface area contributed by atoms with Crippen molar-refractivity contribution in [2.24, 2.45) is 0 Å². The van der Waals surface area contributed by atoms with E-state index in [0.29, 0.717) is 19.8 Å². The van der Waals surface area contributed by atoms with Crippen molar-refractivity contribution in [3.05, 3.63) is 53.6 Å². The van der Waals surface area contributed by atoms with Gasteiger partial charge in [0, 0.05) is 11.8 Å². The molecule has 24 heavy (non-hydrogen) atoms. The van der Waals surface area contributed by atoms with Crippen molar-refractivity contribution in [3.8, 4) is 11.5 Å². The molecule has 0 aliphatic heterocycles. The molecule has 2 amide bonds. The molecule has 0 radical (unpaired) electrons. The second-order valence-electron chi connectivity index (χ2n) is 5.38. The van der Waals surface area contributed by atoms with Crippen LogP contribution in [0, 0.1) is 13.8 Å². The van der Waals surface area contributed by atoms with E-state index >= 15 is 0 Å². The van der Waals surface area contributed by atoms with E-state index in [-0.39, 0.29) is 6.03 Å². The number of nitrogens with one attached hydrogen (secondary N) is 2. The van der Waals surface area contributed by atoms with Gasteiger partial charge in [-0.1, -0.05) is 18.2 Å². The number of hydrogen-bond acceptors (Lipinski definition) is 3. The highest BCUT2D eigenvalue weighted by Crippen LogP contribution is 2.19. The molecule has 0 aliphatic carbocycles. The molecule has 0 saturated carbocycles. The number of benzene rings is 2. The van der Waals surface area contributed by atoms with E-state index in [9.17, 15) is 4.79 Å². The summed E-state index contributed by atoms with van der Waals surface area (Å²) in [6.45, 7) is 7.35. The highest BCUT2D eigenvalue weighted by Gasteiger charge is 2.05. The minimum absolute atomic E-state index is 0.240. The zero-order valence-electron chi connectivity index (χ0n) is 14.4. The average molecular weight is 328 g/mol. The van der Waals surface area contributed by atoms with Gasteiger partial charge in [0.2, 0.25) is 0 Å². The fourth-order valence-electron chi connectivity index (χ4n) is 2.21. The van der Waals surface area contributed by atoms with Crippen molar-refractivity contribution in [2.45, 2.75) is 20.8 Å². The van der Waals surface area contributed by atoms with Gasteiger partial charge in [0.1, 0.15) is 18.1 Å². The molecule has 5 nitrogen and oxygen atoms in total. The van der Waals surface area contributed by atoms with E-state index in [1.165, 1.54) is 0 Å². The van der Waals surface area contributed by atoms with E-state index in [1.54, 1.807) is 0 Å².